The van der Waals surface area contributed by atoms with Crippen LogP contribution in [-0.2, 0) is 22.8 Å². The van der Waals surface area contributed by atoms with Crippen molar-refractivity contribution >= 4 is 15.5 Å². The molecule has 0 unspecified atom stereocenters. The quantitative estimate of drug-likeness (QED) is 0.887. The molecule has 0 aliphatic carbocycles. The number of alkyl halides is 2. The van der Waals surface area contributed by atoms with E-state index >= 15 is 0 Å². The number of halogens is 2. The first-order valence-corrected chi connectivity index (χ1v) is 7.91. The Hall–Kier alpha value is -1.89. The molecule has 114 valence electrons. The van der Waals surface area contributed by atoms with Crippen molar-refractivity contribution in [2.75, 3.05) is 5.32 Å². The van der Waals surface area contributed by atoms with Crippen LogP contribution in [0.4, 0.5) is 14.5 Å². The number of benzene rings is 1. The minimum absolute atomic E-state index is 0.394. The first-order chi connectivity index (χ1) is 9.93. The summed E-state index contributed by atoms with van der Waals surface area (Å²) in [4.78, 5) is -0.394. The summed E-state index contributed by atoms with van der Waals surface area (Å²) in [5.41, 5.74) is 0.623. The molecule has 2 aromatic rings. The lowest BCUT2D eigenvalue weighted by molar-refractivity contribution is 0.234. The minimum Gasteiger partial charge on any atom is -0.464 e. The zero-order valence-corrected chi connectivity index (χ0v) is 12.2. The van der Waals surface area contributed by atoms with Crippen molar-refractivity contribution < 1.29 is 21.6 Å². The van der Waals surface area contributed by atoms with E-state index in [1.165, 1.54) is 12.1 Å². The van der Waals surface area contributed by atoms with Crippen molar-refractivity contribution in [2.45, 2.75) is 30.5 Å². The van der Waals surface area contributed by atoms with E-state index in [9.17, 15) is 17.2 Å². The van der Waals surface area contributed by atoms with Gasteiger partial charge in [0.25, 0.3) is 0 Å². The lowest BCUT2D eigenvalue weighted by atomic mass is 10.3. The Labute approximate surface area is 121 Å². The Kier molecular flexibility index (Phi) is 4.62. The average Bonchev–Trinajstić information content (AvgIpc) is 2.93. The van der Waals surface area contributed by atoms with Crippen molar-refractivity contribution in [2.24, 2.45) is 0 Å². The van der Waals surface area contributed by atoms with Gasteiger partial charge in [-0.25, -0.2) is 8.42 Å². The van der Waals surface area contributed by atoms with Gasteiger partial charge in [0.15, 0.2) is 0 Å². The second kappa shape index (κ2) is 6.26. The van der Waals surface area contributed by atoms with Crippen LogP contribution in [0, 0.1) is 0 Å². The van der Waals surface area contributed by atoms with E-state index in [4.69, 9.17) is 4.42 Å². The largest absolute Gasteiger partial charge is 0.464 e. The zero-order chi connectivity index (χ0) is 15.5. The van der Waals surface area contributed by atoms with Gasteiger partial charge in [0.2, 0.25) is 9.84 Å². The molecule has 4 nitrogen and oxygen atoms in total. The number of hydrogen-bond acceptors (Lipinski definition) is 4. The average molecular weight is 315 g/mol. The van der Waals surface area contributed by atoms with Gasteiger partial charge >= 0.3 is 5.76 Å². The molecule has 0 saturated carbocycles. The van der Waals surface area contributed by atoms with E-state index in [1.54, 1.807) is 0 Å². The van der Waals surface area contributed by atoms with Crippen LogP contribution in [-0.4, -0.2) is 14.2 Å². The third-order valence-electron chi connectivity index (χ3n) is 2.95. The Morgan fingerprint density at radius 3 is 2.24 bits per heavy atom. The highest BCUT2D eigenvalue weighted by Crippen LogP contribution is 2.20. The van der Waals surface area contributed by atoms with Gasteiger partial charge in [0.05, 0.1) is 11.4 Å². The van der Waals surface area contributed by atoms with Crippen LogP contribution in [0.3, 0.4) is 0 Å². The molecule has 7 heteroatoms. The Balaban J connectivity index is 2.03. The lowest BCUT2D eigenvalue weighted by Crippen LogP contribution is -2.11. The van der Waals surface area contributed by atoms with Crippen LogP contribution in [0.25, 0.3) is 0 Å². The van der Waals surface area contributed by atoms with E-state index in [-0.39, 0.29) is 0 Å². The number of sulfone groups is 1. The fraction of sp³-hybridized carbons (Fsp3) is 0.286. The predicted octanol–water partition coefficient (Wildman–Crippen LogP) is 3.45. The van der Waals surface area contributed by atoms with Gasteiger partial charge in [-0.05, 0) is 36.4 Å². The molecule has 1 N–H and O–H groups in total. The SMILES string of the molecule is CCc1ccc(CNc2ccc(S(=O)(=O)C(F)F)cc2)o1. The van der Waals surface area contributed by atoms with Gasteiger partial charge in [0, 0.05) is 12.1 Å². The molecular weight excluding hydrogens is 300 g/mol. The summed E-state index contributed by atoms with van der Waals surface area (Å²) in [5.74, 6) is -1.78. The molecule has 0 saturated heterocycles. The zero-order valence-electron chi connectivity index (χ0n) is 11.3. The molecule has 0 aliphatic rings. The molecule has 2 rings (SSSR count). The Bertz CT molecular complexity index is 693. The highest BCUT2D eigenvalue weighted by atomic mass is 32.2. The van der Waals surface area contributed by atoms with Crippen molar-refractivity contribution in [3.63, 3.8) is 0 Å². The van der Waals surface area contributed by atoms with Gasteiger partial charge in [-0.3, -0.25) is 0 Å². The van der Waals surface area contributed by atoms with Gasteiger partial charge in [0.1, 0.15) is 11.5 Å². The Morgan fingerprint density at radius 1 is 1.10 bits per heavy atom. The van der Waals surface area contributed by atoms with Crippen molar-refractivity contribution in [1.29, 1.82) is 0 Å². The van der Waals surface area contributed by atoms with Crippen molar-refractivity contribution in [3.05, 3.63) is 47.9 Å². The number of anilines is 1. The molecule has 0 aliphatic heterocycles. The van der Waals surface area contributed by atoms with Gasteiger partial charge < -0.3 is 9.73 Å². The predicted molar refractivity (Wildman–Crippen MR) is 75.0 cm³/mol. The number of rotatable bonds is 6. The summed E-state index contributed by atoms with van der Waals surface area (Å²) >= 11 is 0. The number of aryl methyl sites for hydroxylation is 1. The van der Waals surface area contributed by atoms with Crippen LogP contribution in [0.5, 0.6) is 0 Å². The maximum Gasteiger partial charge on any atom is 0.341 e. The second-order valence-electron chi connectivity index (χ2n) is 4.41. The fourth-order valence-corrected chi connectivity index (χ4v) is 2.48. The molecular formula is C14H15F2NO3S. The molecule has 0 bridgehead atoms. The lowest BCUT2D eigenvalue weighted by Gasteiger charge is -2.06. The molecule has 0 amide bonds. The summed E-state index contributed by atoms with van der Waals surface area (Å²) in [6.45, 7) is 2.42. The molecule has 21 heavy (non-hydrogen) atoms. The highest BCUT2D eigenvalue weighted by Gasteiger charge is 2.26. The topological polar surface area (TPSA) is 59.3 Å². The van der Waals surface area contributed by atoms with Crippen LogP contribution in [0.1, 0.15) is 18.4 Å². The van der Waals surface area contributed by atoms with Crippen LogP contribution in [0.2, 0.25) is 0 Å². The number of furan rings is 1. The first kappa shape index (κ1) is 15.5. The van der Waals surface area contributed by atoms with Gasteiger partial charge in [-0.1, -0.05) is 6.92 Å². The molecule has 1 aromatic carbocycles. The van der Waals surface area contributed by atoms with Crippen LogP contribution < -0.4 is 5.32 Å². The monoisotopic (exact) mass is 315 g/mol. The standard InChI is InChI=1S/C14H15F2NO3S/c1-2-11-5-6-12(20-11)9-17-10-3-7-13(8-4-10)21(18,19)14(15)16/h3-8,14,17H,2,9H2,1H3. The van der Waals surface area contributed by atoms with Crippen LogP contribution in [0.15, 0.2) is 45.7 Å². The number of hydrogen-bond donors (Lipinski definition) is 1. The minimum atomic E-state index is -4.54. The smallest absolute Gasteiger partial charge is 0.341 e. The molecule has 0 radical (unpaired) electrons. The van der Waals surface area contributed by atoms with E-state index in [1.807, 2.05) is 19.1 Å². The van der Waals surface area contributed by atoms with E-state index in [0.29, 0.717) is 12.2 Å². The van der Waals surface area contributed by atoms with Crippen molar-refractivity contribution in [1.82, 2.24) is 0 Å². The molecule has 1 aromatic heterocycles. The third-order valence-corrected chi connectivity index (χ3v) is 4.35. The summed E-state index contributed by atoms with van der Waals surface area (Å²) in [6.07, 6.45) is 0.806. The fourth-order valence-electron chi connectivity index (χ4n) is 1.76. The van der Waals surface area contributed by atoms with E-state index in [2.05, 4.69) is 5.32 Å². The second-order valence-corrected chi connectivity index (χ2v) is 6.32. The molecule has 0 spiro atoms. The van der Waals surface area contributed by atoms with E-state index in [0.717, 1.165) is 30.1 Å². The first-order valence-electron chi connectivity index (χ1n) is 6.37. The molecule has 0 fully saturated rings. The normalized spacial score (nSPS) is 11.8. The summed E-state index contributed by atoms with van der Waals surface area (Å²) in [7, 11) is -4.54. The number of nitrogens with one attached hydrogen (secondary N) is 1. The highest BCUT2D eigenvalue weighted by molar-refractivity contribution is 7.91. The summed E-state index contributed by atoms with van der Waals surface area (Å²) in [6, 6.07) is 8.93. The molecule has 1 heterocycles. The third kappa shape index (κ3) is 3.60. The van der Waals surface area contributed by atoms with E-state index < -0.39 is 20.5 Å². The van der Waals surface area contributed by atoms with Crippen LogP contribution >= 0.6 is 0 Å². The maximum absolute atomic E-state index is 12.4. The van der Waals surface area contributed by atoms with Crippen molar-refractivity contribution in [3.8, 4) is 0 Å². The van der Waals surface area contributed by atoms with Gasteiger partial charge in [-0.2, -0.15) is 8.78 Å². The molecule has 0 atom stereocenters. The van der Waals surface area contributed by atoms with Gasteiger partial charge in [-0.15, -0.1) is 0 Å². The summed E-state index contributed by atoms with van der Waals surface area (Å²) in [5, 5.41) is 3.03. The summed E-state index contributed by atoms with van der Waals surface area (Å²) < 4.78 is 52.8. The Morgan fingerprint density at radius 2 is 1.71 bits per heavy atom. The maximum atomic E-state index is 12.4.